The van der Waals surface area contributed by atoms with Crippen LogP contribution in [0.4, 0.5) is 0 Å². The van der Waals surface area contributed by atoms with Crippen molar-refractivity contribution in [2.45, 2.75) is 58.0 Å². The molecule has 4 nitrogen and oxygen atoms in total. The third kappa shape index (κ3) is 2.90. The zero-order valence-corrected chi connectivity index (χ0v) is 16.0. The molecule has 0 radical (unpaired) electrons. The van der Waals surface area contributed by atoms with E-state index >= 15 is 0 Å². The lowest BCUT2D eigenvalue weighted by atomic mass is 9.48. The Kier molecular flexibility index (Phi) is 3.92. The summed E-state index contributed by atoms with van der Waals surface area (Å²) in [5.74, 6) is 2.71. The number of hydrogen-bond donors (Lipinski definition) is 1. The van der Waals surface area contributed by atoms with Crippen LogP contribution in [-0.4, -0.2) is 16.5 Å². The monoisotopic (exact) mass is 364 g/mol. The second-order valence-corrected chi connectivity index (χ2v) is 9.39. The van der Waals surface area contributed by atoms with E-state index in [0.29, 0.717) is 10.8 Å². The molecule has 4 aliphatic carbocycles. The summed E-state index contributed by atoms with van der Waals surface area (Å²) in [6.07, 6.45) is 9.87. The van der Waals surface area contributed by atoms with Crippen LogP contribution in [-0.2, 0) is 11.3 Å². The summed E-state index contributed by atoms with van der Waals surface area (Å²) in [5.41, 5.74) is 1.14. The van der Waals surface area contributed by atoms with Crippen molar-refractivity contribution in [3.63, 3.8) is 0 Å². The van der Waals surface area contributed by atoms with E-state index in [2.05, 4.69) is 12.2 Å². The lowest BCUT2D eigenvalue weighted by Crippen LogP contribution is -2.56. The molecule has 4 aliphatic rings. The predicted octanol–water partition coefficient (Wildman–Crippen LogP) is 3.72. The number of pyridine rings is 1. The molecule has 4 fully saturated rings. The number of carbonyl (C=O) groups is 1. The molecule has 1 amide bonds. The molecular weight excluding hydrogens is 336 g/mol. The fourth-order valence-electron chi connectivity index (χ4n) is 6.70. The first-order valence-electron chi connectivity index (χ1n) is 10.4. The first kappa shape index (κ1) is 17.0. The Balaban J connectivity index is 1.33. The Hall–Kier alpha value is -2.10. The molecule has 142 valence electrons. The van der Waals surface area contributed by atoms with Gasteiger partial charge in [-0.3, -0.25) is 9.59 Å². The van der Waals surface area contributed by atoms with Gasteiger partial charge in [0.15, 0.2) is 5.43 Å². The van der Waals surface area contributed by atoms with Gasteiger partial charge in [0.2, 0.25) is 5.91 Å². The summed E-state index contributed by atoms with van der Waals surface area (Å²) < 4.78 is 1.89. The van der Waals surface area contributed by atoms with Gasteiger partial charge in [0.05, 0.1) is 5.52 Å². The van der Waals surface area contributed by atoms with Crippen molar-refractivity contribution in [3.05, 3.63) is 46.8 Å². The Morgan fingerprint density at radius 1 is 1.11 bits per heavy atom. The lowest BCUT2D eigenvalue weighted by molar-refractivity contribution is -0.126. The van der Waals surface area contributed by atoms with Gasteiger partial charge in [-0.2, -0.15) is 0 Å². The highest BCUT2D eigenvalue weighted by Crippen LogP contribution is 2.61. The van der Waals surface area contributed by atoms with Gasteiger partial charge < -0.3 is 9.88 Å². The molecule has 0 unspecified atom stereocenters. The van der Waals surface area contributed by atoms with E-state index in [1.54, 1.807) is 12.3 Å². The predicted molar refractivity (Wildman–Crippen MR) is 106 cm³/mol. The van der Waals surface area contributed by atoms with Crippen molar-refractivity contribution in [3.8, 4) is 0 Å². The third-order valence-corrected chi connectivity index (χ3v) is 7.58. The second-order valence-electron chi connectivity index (χ2n) is 9.39. The van der Waals surface area contributed by atoms with E-state index in [0.717, 1.165) is 23.3 Å². The minimum absolute atomic E-state index is 0.00388. The van der Waals surface area contributed by atoms with Crippen LogP contribution in [0.25, 0.3) is 10.9 Å². The summed E-state index contributed by atoms with van der Waals surface area (Å²) in [6, 6.07) is 9.29. The molecule has 4 bridgehead atoms. The van der Waals surface area contributed by atoms with Crippen molar-refractivity contribution in [2.75, 3.05) is 0 Å². The van der Waals surface area contributed by atoms with Crippen LogP contribution in [0.5, 0.6) is 0 Å². The van der Waals surface area contributed by atoms with E-state index in [1.165, 1.54) is 38.5 Å². The van der Waals surface area contributed by atoms with E-state index in [-0.39, 0.29) is 23.9 Å². The maximum Gasteiger partial charge on any atom is 0.240 e. The molecule has 1 aromatic heterocycles. The smallest absolute Gasteiger partial charge is 0.240 e. The standard InChI is InChI=1S/C23H28N2O2/c1-15(23-11-16-8-17(12-23)10-18(9-16)13-23)24-22(27)14-25-7-6-21(26)19-4-2-3-5-20(19)25/h2-7,15-18H,8-14H2,1H3,(H,24,27)/t15-,16?,17?,18?,23?/m1/s1. The molecule has 4 saturated carbocycles. The first-order chi connectivity index (χ1) is 13.0. The summed E-state index contributed by atoms with van der Waals surface area (Å²) >= 11 is 0. The largest absolute Gasteiger partial charge is 0.352 e. The van der Waals surface area contributed by atoms with Crippen LogP contribution >= 0.6 is 0 Å². The van der Waals surface area contributed by atoms with Crippen molar-refractivity contribution < 1.29 is 4.79 Å². The number of nitrogens with one attached hydrogen (secondary N) is 1. The molecular formula is C23H28N2O2. The number of hydrogen-bond acceptors (Lipinski definition) is 2. The number of rotatable bonds is 4. The molecule has 4 heteroatoms. The van der Waals surface area contributed by atoms with E-state index in [1.807, 2.05) is 28.8 Å². The number of aromatic nitrogens is 1. The van der Waals surface area contributed by atoms with Crippen LogP contribution in [0.15, 0.2) is 41.3 Å². The van der Waals surface area contributed by atoms with Gasteiger partial charge in [-0.15, -0.1) is 0 Å². The molecule has 0 saturated heterocycles. The summed E-state index contributed by atoms with van der Waals surface area (Å²) in [7, 11) is 0. The van der Waals surface area contributed by atoms with Gasteiger partial charge in [0.25, 0.3) is 0 Å². The number of fused-ring (bicyclic) bond motifs is 1. The Morgan fingerprint density at radius 3 is 2.41 bits per heavy atom. The van der Waals surface area contributed by atoms with E-state index in [4.69, 9.17) is 0 Å². The summed E-state index contributed by atoms with van der Waals surface area (Å²) in [5, 5.41) is 4.00. The van der Waals surface area contributed by atoms with Gasteiger partial charge in [0.1, 0.15) is 6.54 Å². The van der Waals surface area contributed by atoms with Crippen molar-refractivity contribution in [1.82, 2.24) is 9.88 Å². The fourth-order valence-corrected chi connectivity index (χ4v) is 6.70. The van der Waals surface area contributed by atoms with Gasteiger partial charge >= 0.3 is 0 Å². The second kappa shape index (κ2) is 6.22. The molecule has 1 atom stereocenters. The highest BCUT2D eigenvalue weighted by Gasteiger charge is 2.53. The topological polar surface area (TPSA) is 51.1 Å². The first-order valence-corrected chi connectivity index (χ1v) is 10.4. The molecule has 1 heterocycles. The molecule has 1 aromatic carbocycles. The average Bonchev–Trinajstić information content (AvgIpc) is 2.63. The molecule has 27 heavy (non-hydrogen) atoms. The zero-order chi connectivity index (χ0) is 18.6. The van der Waals surface area contributed by atoms with Crippen LogP contribution in [0.3, 0.4) is 0 Å². The summed E-state index contributed by atoms with van der Waals surface area (Å²) in [6.45, 7) is 2.48. The molecule has 0 spiro atoms. The van der Waals surface area contributed by atoms with Crippen LogP contribution in [0.2, 0.25) is 0 Å². The highest BCUT2D eigenvalue weighted by atomic mass is 16.2. The Bertz CT molecular complexity index is 910. The lowest BCUT2D eigenvalue weighted by Gasteiger charge is -2.59. The van der Waals surface area contributed by atoms with Gasteiger partial charge in [-0.05, 0) is 80.8 Å². The molecule has 0 aliphatic heterocycles. The molecule has 2 aromatic rings. The van der Waals surface area contributed by atoms with Gasteiger partial charge in [0, 0.05) is 23.7 Å². The number of benzene rings is 1. The fraction of sp³-hybridized carbons (Fsp3) is 0.565. The SMILES string of the molecule is C[C@@H](NC(=O)Cn1ccc(=O)c2ccccc21)C12CC3CC(CC(C3)C1)C2. The third-order valence-electron chi connectivity index (χ3n) is 7.58. The van der Waals surface area contributed by atoms with Crippen LogP contribution < -0.4 is 10.7 Å². The summed E-state index contributed by atoms with van der Waals surface area (Å²) in [4.78, 5) is 24.9. The van der Waals surface area contributed by atoms with Crippen LogP contribution in [0, 0.1) is 23.2 Å². The number of carbonyl (C=O) groups excluding carboxylic acids is 1. The van der Waals surface area contributed by atoms with Crippen molar-refractivity contribution in [1.29, 1.82) is 0 Å². The van der Waals surface area contributed by atoms with Crippen molar-refractivity contribution in [2.24, 2.45) is 23.2 Å². The minimum atomic E-state index is 0.00388. The number of nitrogens with zero attached hydrogens (tertiary/aromatic N) is 1. The van der Waals surface area contributed by atoms with Gasteiger partial charge in [-0.1, -0.05) is 12.1 Å². The van der Waals surface area contributed by atoms with E-state index in [9.17, 15) is 9.59 Å². The molecule has 6 rings (SSSR count). The normalized spacial score (nSPS) is 32.6. The maximum absolute atomic E-state index is 12.8. The van der Waals surface area contributed by atoms with Crippen LogP contribution in [0.1, 0.15) is 45.4 Å². The minimum Gasteiger partial charge on any atom is -0.352 e. The zero-order valence-electron chi connectivity index (χ0n) is 16.0. The quantitative estimate of drug-likeness (QED) is 0.899. The van der Waals surface area contributed by atoms with Gasteiger partial charge in [-0.25, -0.2) is 0 Å². The van der Waals surface area contributed by atoms with E-state index < -0.39 is 0 Å². The number of para-hydroxylation sites is 1. The number of amides is 1. The maximum atomic E-state index is 12.8. The average molecular weight is 364 g/mol. The Morgan fingerprint density at radius 2 is 1.74 bits per heavy atom. The Labute approximate surface area is 160 Å². The highest BCUT2D eigenvalue weighted by molar-refractivity contribution is 5.82. The molecule has 1 N–H and O–H groups in total. The van der Waals surface area contributed by atoms with Crippen molar-refractivity contribution >= 4 is 16.8 Å².